The monoisotopic (exact) mass is 290 g/mol. The molecular formula is C15H10N6O. The van der Waals surface area contributed by atoms with Crippen molar-refractivity contribution >= 4 is 23.2 Å². The molecule has 0 bridgehead atoms. The standard InChI is InChI=1S/C15H10N6O/c16-20-18-13-5-1-3-11(9-13)7-8-15(22)12-4-2-6-14(10-12)19-21-17/h1-10H. The topological polar surface area (TPSA) is 115 Å². The van der Waals surface area contributed by atoms with Gasteiger partial charge in [0, 0.05) is 26.8 Å². The Morgan fingerprint density at radius 3 is 2.27 bits per heavy atom. The SMILES string of the molecule is [N-]=[N+]=Nc1cccc(C=CC(=O)c2cccc(N=[N+]=[N-])c2)c1. The van der Waals surface area contributed by atoms with Crippen LogP contribution in [-0.4, -0.2) is 5.78 Å². The van der Waals surface area contributed by atoms with Gasteiger partial charge in [0.05, 0.1) is 0 Å². The van der Waals surface area contributed by atoms with Gasteiger partial charge in [-0.05, 0) is 34.8 Å². The third kappa shape index (κ3) is 3.98. The van der Waals surface area contributed by atoms with Gasteiger partial charge in [-0.25, -0.2) is 0 Å². The van der Waals surface area contributed by atoms with Gasteiger partial charge in [-0.2, -0.15) is 0 Å². The Morgan fingerprint density at radius 2 is 1.59 bits per heavy atom. The second-order valence-electron chi connectivity index (χ2n) is 4.22. The van der Waals surface area contributed by atoms with E-state index in [2.05, 4.69) is 20.1 Å². The molecule has 7 nitrogen and oxygen atoms in total. The number of carbonyl (C=O) groups is 1. The van der Waals surface area contributed by atoms with E-state index in [1.54, 1.807) is 48.5 Å². The van der Waals surface area contributed by atoms with Crippen LogP contribution in [0.25, 0.3) is 27.0 Å². The molecule has 0 N–H and O–H groups in total. The highest BCUT2D eigenvalue weighted by Gasteiger charge is 2.02. The number of allylic oxidation sites excluding steroid dienone is 1. The highest BCUT2D eigenvalue weighted by Crippen LogP contribution is 2.17. The lowest BCUT2D eigenvalue weighted by Crippen LogP contribution is -1.93. The maximum Gasteiger partial charge on any atom is 0.185 e. The van der Waals surface area contributed by atoms with Crippen molar-refractivity contribution in [3.63, 3.8) is 0 Å². The zero-order chi connectivity index (χ0) is 15.8. The van der Waals surface area contributed by atoms with Gasteiger partial charge in [-0.3, -0.25) is 4.79 Å². The van der Waals surface area contributed by atoms with Crippen LogP contribution in [0.2, 0.25) is 0 Å². The van der Waals surface area contributed by atoms with Crippen LogP contribution in [0.3, 0.4) is 0 Å². The van der Waals surface area contributed by atoms with Gasteiger partial charge in [-0.1, -0.05) is 52.7 Å². The number of hydrogen-bond acceptors (Lipinski definition) is 3. The second-order valence-corrected chi connectivity index (χ2v) is 4.22. The molecule has 0 saturated heterocycles. The molecule has 0 atom stereocenters. The van der Waals surface area contributed by atoms with Gasteiger partial charge < -0.3 is 0 Å². The molecule has 7 heteroatoms. The zero-order valence-electron chi connectivity index (χ0n) is 11.4. The summed E-state index contributed by atoms with van der Waals surface area (Å²) in [7, 11) is 0. The van der Waals surface area contributed by atoms with E-state index < -0.39 is 0 Å². The highest BCUT2D eigenvalue weighted by molar-refractivity contribution is 6.07. The van der Waals surface area contributed by atoms with Crippen molar-refractivity contribution < 1.29 is 4.79 Å². The summed E-state index contributed by atoms with van der Waals surface area (Å²) in [5.41, 5.74) is 18.8. The van der Waals surface area contributed by atoms with Crippen LogP contribution in [-0.2, 0) is 0 Å². The van der Waals surface area contributed by atoms with Crippen LogP contribution in [0.4, 0.5) is 11.4 Å². The first-order valence-corrected chi connectivity index (χ1v) is 6.25. The summed E-state index contributed by atoms with van der Waals surface area (Å²) < 4.78 is 0. The smallest absolute Gasteiger partial charge is 0.185 e. The number of carbonyl (C=O) groups excluding carboxylic acids is 1. The van der Waals surface area contributed by atoms with E-state index in [0.29, 0.717) is 16.9 Å². The molecule has 0 saturated carbocycles. The van der Waals surface area contributed by atoms with Gasteiger partial charge in [-0.15, -0.1) is 0 Å². The van der Waals surface area contributed by atoms with Gasteiger partial charge in [0.2, 0.25) is 0 Å². The minimum Gasteiger partial charge on any atom is -0.289 e. The lowest BCUT2D eigenvalue weighted by atomic mass is 10.1. The normalized spacial score (nSPS) is 9.82. The van der Waals surface area contributed by atoms with E-state index in [0.717, 1.165) is 5.56 Å². The summed E-state index contributed by atoms with van der Waals surface area (Å²) in [6.45, 7) is 0. The fourth-order valence-electron chi connectivity index (χ4n) is 1.78. The minimum absolute atomic E-state index is 0.218. The Balaban J connectivity index is 2.21. The summed E-state index contributed by atoms with van der Waals surface area (Å²) in [6.07, 6.45) is 3.03. The first-order valence-electron chi connectivity index (χ1n) is 6.25. The molecule has 0 aliphatic heterocycles. The minimum atomic E-state index is -0.218. The third-order valence-electron chi connectivity index (χ3n) is 2.75. The molecule has 0 radical (unpaired) electrons. The summed E-state index contributed by atoms with van der Waals surface area (Å²) in [5.74, 6) is -0.218. The van der Waals surface area contributed by atoms with Crippen molar-refractivity contribution in [1.29, 1.82) is 0 Å². The van der Waals surface area contributed by atoms with Crippen molar-refractivity contribution in [2.75, 3.05) is 0 Å². The molecule has 106 valence electrons. The Morgan fingerprint density at radius 1 is 0.955 bits per heavy atom. The van der Waals surface area contributed by atoms with Gasteiger partial charge >= 0.3 is 0 Å². The number of nitrogens with zero attached hydrogens (tertiary/aromatic N) is 6. The molecule has 2 aromatic rings. The van der Waals surface area contributed by atoms with E-state index in [9.17, 15) is 4.79 Å². The average Bonchev–Trinajstić information content (AvgIpc) is 2.54. The van der Waals surface area contributed by atoms with Crippen LogP contribution in [0.15, 0.2) is 64.8 Å². The highest BCUT2D eigenvalue weighted by atomic mass is 16.1. The first-order chi connectivity index (χ1) is 10.7. The molecule has 0 amide bonds. The van der Waals surface area contributed by atoms with E-state index in [4.69, 9.17) is 11.1 Å². The summed E-state index contributed by atoms with van der Waals surface area (Å²) >= 11 is 0. The second kappa shape index (κ2) is 7.31. The maximum atomic E-state index is 12.1. The number of hydrogen-bond donors (Lipinski definition) is 0. The van der Waals surface area contributed by atoms with Crippen molar-refractivity contribution in [2.24, 2.45) is 10.2 Å². The lowest BCUT2D eigenvalue weighted by Gasteiger charge is -1.98. The van der Waals surface area contributed by atoms with Crippen molar-refractivity contribution in [3.8, 4) is 0 Å². The Labute approximate surface area is 125 Å². The number of azide groups is 2. The molecule has 0 aliphatic rings. The molecule has 22 heavy (non-hydrogen) atoms. The number of benzene rings is 2. The largest absolute Gasteiger partial charge is 0.289 e. The third-order valence-corrected chi connectivity index (χ3v) is 2.75. The number of ketones is 1. The van der Waals surface area contributed by atoms with Gasteiger partial charge in [0.15, 0.2) is 5.78 Å². The maximum absolute atomic E-state index is 12.1. The van der Waals surface area contributed by atoms with E-state index >= 15 is 0 Å². The van der Waals surface area contributed by atoms with E-state index in [1.165, 1.54) is 12.1 Å². The molecule has 2 aromatic carbocycles. The molecule has 0 heterocycles. The molecule has 0 unspecified atom stereocenters. The van der Waals surface area contributed by atoms with Crippen LogP contribution in [0.5, 0.6) is 0 Å². The quantitative estimate of drug-likeness (QED) is 0.235. The Bertz CT molecular complexity index is 829. The van der Waals surface area contributed by atoms with Crippen LogP contribution in [0, 0.1) is 0 Å². The van der Waals surface area contributed by atoms with Crippen molar-refractivity contribution in [2.45, 2.75) is 0 Å². The van der Waals surface area contributed by atoms with E-state index in [1.807, 2.05) is 0 Å². The van der Waals surface area contributed by atoms with Crippen molar-refractivity contribution in [1.82, 2.24) is 0 Å². The van der Waals surface area contributed by atoms with Crippen LogP contribution < -0.4 is 0 Å². The molecule has 2 rings (SSSR count). The summed E-state index contributed by atoms with van der Waals surface area (Å²) in [5, 5.41) is 6.96. The van der Waals surface area contributed by atoms with Crippen molar-refractivity contribution in [3.05, 3.63) is 86.6 Å². The predicted molar refractivity (Wildman–Crippen MR) is 83.9 cm³/mol. The number of rotatable bonds is 5. The summed E-state index contributed by atoms with van der Waals surface area (Å²) in [6, 6.07) is 13.3. The average molecular weight is 290 g/mol. The van der Waals surface area contributed by atoms with Crippen LogP contribution in [0.1, 0.15) is 15.9 Å². The van der Waals surface area contributed by atoms with E-state index in [-0.39, 0.29) is 5.78 Å². The first kappa shape index (κ1) is 14.9. The predicted octanol–water partition coefficient (Wildman–Crippen LogP) is 5.47. The molecule has 0 spiro atoms. The fraction of sp³-hybridized carbons (Fsp3) is 0. The fourth-order valence-corrected chi connectivity index (χ4v) is 1.78. The summed E-state index contributed by atoms with van der Waals surface area (Å²) in [4.78, 5) is 17.5. The molecule has 0 fully saturated rings. The van der Waals surface area contributed by atoms with Crippen LogP contribution >= 0.6 is 0 Å². The Hall–Kier alpha value is -3.53. The van der Waals surface area contributed by atoms with Gasteiger partial charge in [0.1, 0.15) is 0 Å². The molecular weight excluding hydrogens is 280 g/mol. The Kier molecular flexibility index (Phi) is 4.94. The zero-order valence-corrected chi connectivity index (χ0v) is 11.4. The molecule has 0 aromatic heterocycles. The molecule has 0 aliphatic carbocycles. The van der Waals surface area contributed by atoms with Gasteiger partial charge in [0.25, 0.3) is 0 Å². The lowest BCUT2D eigenvalue weighted by molar-refractivity contribution is 0.104.